The van der Waals surface area contributed by atoms with Crippen LogP contribution in [0.5, 0.6) is 0 Å². The second-order valence-corrected chi connectivity index (χ2v) is 5.54. The van der Waals surface area contributed by atoms with Crippen LogP contribution in [0, 0.1) is 11.8 Å². The van der Waals surface area contributed by atoms with E-state index in [1.165, 1.54) is 12.8 Å². The fraction of sp³-hybridized carbons (Fsp3) is 0.846. The first kappa shape index (κ1) is 12.4. The summed E-state index contributed by atoms with van der Waals surface area (Å²) < 4.78 is 0. The Morgan fingerprint density at radius 1 is 1.29 bits per heavy atom. The summed E-state index contributed by atoms with van der Waals surface area (Å²) >= 11 is 0. The van der Waals surface area contributed by atoms with Gasteiger partial charge in [0.15, 0.2) is 0 Å². The number of carbonyl (C=O) groups is 2. The molecular weight excluding hydrogens is 216 g/mol. The molecule has 2 aliphatic rings. The lowest BCUT2D eigenvalue weighted by Crippen LogP contribution is -2.50. The highest BCUT2D eigenvalue weighted by Crippen LogP contribution is 2.29. The van der Waals surface area contributed by atoms with Crippen molar-refractivity contribution >= 4 is 11.8 Å². The van der Waals surface area contributed by atoms with Crippen molar-refractivity contribution in [2.45, 2.75) is 58.0 Å². The molecule has 1 saturated carbocycles. The summed E-state index contributed by atoms with van der Waals surface area (Å²) in [4.78, 5) is 23.1. The SMILES string of the molecule is C[C@H]1[C@H](C)CCC[C@@H]1NC(=O)[C@@H]1CCC(=O)N1. The van der Waals surface area contributed by atoms with E-state index >= 15 is 0 Å². The lowest BCUT2D eigenvalue weighted by atomic mass is 9.78. The minimum Gasteiger partial charge on any atom is -0.351 e. The summed E-state index contributed by atoms with van der Waals surface area (Å²) in [5.74, 6) is 1.20. The van der Waals surface area contributed by atoms with Crippen molar-refractivity contribution in [3.05, 3.63) is 0 Å². The Bertz CT molecular complexity index is 317. The molecule has 0 radical (unpaired) electrons. The fourth-order valence-electron chi connectivity index (χ4n) is 2.88. The summed E-state index contributed by atoms with van der Waals surface area (Å²) in [6.45, 7) is 4.46. The van der Waals surface area contributed by atoms with Crippen LogP contribution in [-0.4, -0.2) is 23.9 Å². The molecule has 1 aliphatic carbocycles. The number of carbonyl (C=O) groups excluding carboxylic acids is 2. The van der Waals surface area contributed by atoms with Crippen LogP contribution in [0.1, 0.15) is 46.0 Å². The average molecular weight is 238 g/mol. The van der Waals surface area contributed by atoms with Crippen molar-refractivity contribution < 1.29 is 9.59 Å². The zero-order valence-electron chi connectivity index (χ0n) is 10.7. The molecule has 0 spiro atoms. The van der Waals surface area contributed by atoms with Crippen LogP contribution in [-0.2, 0) is 9.59 Å². The number of hydrogen-bond donors (Lipinski definition) is 2. The molecule has 0 unspecified atom stereocenters. The van der Waals surface area contributed by atoms with Gasteiger partial charge in [0.05, 0.1) is 0 Å². The smallest absolute Gasteiger partial charge is 0.242 e. The molecule has 0 aromatic rings. The Morgan fingerprint density at radius 3 is 2.71 bits per heavy atom. The number of amides is 2. The normalized spacial score (nSPS) is 37.6. The molecule has 4 heteroatoms. The summed E-state index contributed by atoms with van der Waals surface area (Å²) in [6, 6.07) is -0.0179. The molecular formula is C13H22N2O2. The highest BCUT2D eigenvalue weighted by Gasteiger charge is 2.32. The van der Waals surface area contributed by atoms with E-state index in [-0.39, 0.29) is 23.9 Å². The minimum atomic E-state index is -0.299. The van der Waals surface area contributed by atoms with E-state index in [0.717, 1.165) is 6.42 Å². The molecule has 4 atom stereocenters. The third kappa shape index (κ3) is 2.79. The van der Waals surface area contributed by atoms with Gasteiger partial charge in [-0.3, -0.25) is 9.59 Å². The van der Waals surface area contributed by atoms with E-state index in [4.69, 9.17) is 0 Å². The Morgan fingerprint density at radius 2 is 2.06 bits per heavy atom. The van der Waals surface area contributed by atoms with Crippen LogP contribution in [0.3, 0.4) is 0 Å². The van der Waals surface area contributed by atoms with Crippen molar-refractivity contribution in [2.75, 3.05) is 0 Å². The highest BCUT2D eigenvalue weighted by molar-refractivity contribution is 5.90. The molecule has 0 aromatic carbocycles. The van der Waals surface area contributed by atoms with Gasteiger partial charge >= 0.3 is 0 Å². The molecule has 17 heavy (non-hydrogen) atoms. The zero-order valence-corrected chi connectivity index (χ0v) is 10.7. The Kier molecular flexibility index (Phi) is 3.69. The molecule has 96 valence electrons. The van der Waals surface area contributed by atoms with E-state index in [1.807, 2.05) is 0 Å². The summed E-state index contributed by atoms with van der Waals surface area (Å²) in [6.07, 6.45) is 4.63. The first-order chi connectivity index (χ1) is 8.08. The lowest BCUT2D eigenvalue weighted by Gasteiger charge is -2.35. The zero-order chi connectivity index (χ0) is 12.4. The third-order valence-corrected chi connectivity index (χ3v) is 4.35. The molecule has 2 amide bonds. The van der Waals surface area contributed by atoms with E-state index in [2.05, 4.69) is 24.5 Å². The van der Waals surface area contributed by atoms with E-state index in [0.29, 0.717) is 24.7 Å². The van der Waals surface area contributed by atoms with E-state index < -0.39 is 0 Å². The van der Waals surface area contributed by atoms with Gasteiger partial charge in [0, 0.05) is 12.5 Å². The second kappa shape index (κ2) is 5.07. The summed E-state index contributed by atoms with van der Waals surface area (Å²) in [5, 5.41) is 5.83. The highest BCUT2D eigenvalue weighted by atomic mass is 16.2. The van der Waals surface area contributed by atoms with Crippen LogP contribution in [0.25, 0.3) is 0 Å². The van der Waals surface area contributed by atoms with Crippen LogP contribution in [0.4, 0.5) is 0 Å². The minimum absolute atomic E-state index is 0.00167. The van der Waals surface area contributed by atoms with Crippen molar-refractivity contribution in [1.82, 2.24) is 10.6 Å². The second-order valence-electron chi connectivity index (χ2n) is 5.54. The fourth-order valence-corrected chi connectivity index (χ4v) is 2.88. The average Bonchev–Trinajstić information content (AvgIpc) is 2.72. The number of rotatable bonds is 2. The maximum Gasteiger partial charge on any atom is 0.242 e. The predicted octanol–water partition coefficient (Wildman–Crippen LogP) is 1.21. The number of nitrogens with one attached hydrogen (secondary N) is 2. The van der Waals surface area contributed by atoms with Gasteiger partial charge in [-0.15, -0.1) is 0 Å². The molecule has 1 saturated heterocycles. The van der Waals surface area contributed by atoms with Gasteiger partial charge in [-0.05, 0) is 24.7 Å². The molecule has 2 rings (SSSR count). The van der Waals surface area contributed by atoms with Crippen molar-refractivity contribution in [3.63, 3.8) is 0 Å². The standard InChI is InChI=1S/C13H22N2O2/c1-8-4-3-5-10(9(8)2)15-13(17)11-6-7-12(16)14-11/h8-11H,3-7H2,1-2H3,(H,14,16)(H,15,17)/t8-,9+,10+,11+/m1/s1. The first-order valence-corrected chi connectivity index (χ1v) is 6.67. The molecule has 0 aromatic heterocycles. The monoisotopic (exact) mass is 238 g/mol. The maximum absolute atomic E-state index is 12.0. The summed E-state index contributed by atoms with van der Waals surface area (Å²) in [7, 11) is 0. The molecule has 1 heterocycles. The molecule has 2 fully saturated rings. The van der Waals surface area contributed by atoms with Crippen molar-refractivity contribution in [1.29, 1.82) is 0 Å². The topological polar surface area (TPSA) is 58.2 Å². The van der Waals surface area contributed by atoms with Crippen molar-refractivity contribution in [2.24, 2.45) is 11.8 Å². The quantitative estimate of drug-likeness (QED) is 0.759. The van der Waals surface area contributed by atoms with Gasteiger partial charge in [0.1, 0.15) is 6.04 Å². The van der Waals surface area contributed by atoms with Crippen LogP contribution < -0.4 is 10.6 Å². The maximum atomic E-state index is 12.0. The van der Waals surface area contributed by atoms with Crippen LogP contribution in [0.15, 0.2) is 0 Å². The van der Waals surface area contributed by atoms with Gasteiger partial charge in [-0.1, -0.05) is 26.7 Å². The molecule has 0 bridgehead atoms. The van der Waals surface area contributed by atoms with Gasteiger partial charge in [-0.2, -0.15) is 0 Å². The largest absolute Gasteiger partial charge is 0.351 e. The predicted molar refractivity (Wildman–Crippen MR) is 65.3 cm³/mol. The molecule has 2 N–H and O–H groups in total. The van der Waals surface area contributed by atoms with Gasteiger partial charge in [0.25, 0.3) is 0 Å². The van der Waals surface area contributed by atoms with Crippen molar-refractivity contribution in [3.8, 4) is 0 Å². The van der Waals surface area contributed by atoms with E-state index in [1.54, 1.807) is 0 Å². The third-order valence-electron chi connectivity index (χ3n) is 4.35. The van der Waals surface area contributed by atoms with Crippen LogP contribution in [0.2, 0.25) is 0 Å². The molecule has 1 aliphatic heterocycles. The summed E-state index contributed by atoms with van der Waals surface area (Å²) in [5.41, 5.74) is 0. The Balaban J connectivity index is 1.87. The van der Waals surface area contributed by atoms with Crippen LogP contribution >= 0.6 is 0 Å². The van der Waals surface area contributed by atoms with Gasteiger partial charge < -0.3 is 10.6 Å². The first-order valence-electron chi connectivity index (χ1n) is 6.67. The Hall–Kier alpha value is -1.06. The van der Waals surface area contributed by atoms with Gasteiger partial charge in [0.2, 0.25) is 11.8 Å². The van der Waals surface area contributed by atoms with Gasteiger partial charge in [-0.25, -0.2) is 0 Å². The Labute approximate surface area is 103 Å². The molecule has 4 nitrogen and oxygen atoms in total. The lowest BCUT2D eigenvalue weighted by molar-refractivity contribution is -0.126. The van der Waals surface area contributed by atoms with E-state index in [9.17, 15) is 9.59 Å². The number of hydrogen-bond acceptors (Lipinski definition) is 2.